The van der Waals surface area contributed by atoms with E-state index in [9.17, 15) is 0 Å². The number of hydrogen-bond acceptors (Lipinski definition) is 6. The van der Waals surface area contributed by atoms with Crippen LogP contribution >= 0.6 is 0 Å². The van der Waals surface area contributed by atoms with Crippen LogP contribution in [0.15, 0.2) is 48.8 Å². The van der Waals surface area contributed by atoms with E-state index in [2.05, 4.69) is 20.8 Å². The zero-order valence-corrected chi connectivity index (χ0v) is 9.17. The maximum absolute atomic E-state index is 5.04. The number of anilines is 2. The molecule has 2 rings (SSSR count). The van der Waals surface area contributed by atoms with Crippen LogP contribution in [0.2, 0.25) is 0 Å². The van der Waals surface area contributed by atoms with Crippen molar-refractivity contribution in [2.24, 2.45) is 11.7 Å². The van der Waals surface area contributed by atoms with Crippen molar-refractivity contribution < 1.29 is 5.48 Å². The number of nitrogens with two attached hydrogens (primary N) is 2. The number of nitrogens with zero attached hydrogens (tertiary/aromatic N) is 2. The average molecular weight is 236 g/mol. The number of hydrazine groups is 2. The summed E-state index contributed by atoms with van der Waals surface area (Å²) in [6.45, 7) is 0. The molecule has 0 saturated heterocycles. The monoisotopic (exact) mass is 236 g/mol. The first-order valence-electron chi connectivity index (χ1n) is 4.62. The number of rotatable bonds is 2. The van der Waals surface area contributed by atoms with Gasteiger partial charge in [-0.25, -0.2) is 21.7 Å². The number of pyridine rings is 2. The molecule has 7 nitrogen and oxygen atoms in total. The Morgan fingerprint density at radius 2 is 1.18 bits per heavy atom. The SMILES string of the molecule is NNc1ccccn1.NNc1ccccn1.O. The maximum atomic E-state index is 5.04. The topological polar surface area (TPSA) is 133 Å². The second-order valence-corrected chi connectivity index (χ2v) is 2.72. The minimum Gasteiger partial charge on any atom is -0.412 e. The second-order valence-electron chi connectivity index (χ2n) is 2.72. The number of hydrogen-bond donors (Lipinski definition) is 4. The lowest BCUT2D eigenvalue weighted by Gasteiger charge is -1.92. The molecule has 0 spiro atoms. The molecule has 0 atom stereocenters. The molecular formula is C10H16N6O. The summed E-state index contributed by atoms with van der Waals surface area (Å²) in [6.07, 6.45) is 3.35. The minimum absolute atomic E-state index is 0. The van der Waals surface area contributed by atoms with Crippen molar-refractivity contribution in [3.8, 4) is 0 Å². The van der Waals surface area contributed by atoms with Crippen LogP contribution in [0.5, 0.6) is 0 Å². The number of nitrogens with one attached hydrogen (secondary N) is 2. The van der Waals surface area contributed by atoms with Crippen molar-refractivity contribution in [2.75, 3.05) is 10.9 Å². The Labute approximate surface area is 99.1 Å². The summed E-state index contributed by atoms with van der Waals surface area (Å²) in [4.78, 5) is 7.72. The van der Waals surface area contributed by atoms with Gasteiger partial charge in [0.1, 0.15) is 11.6 Å². The highest BCUT2D eigenvalue weighted by Crippen LogP contribution is 1.95. The van der Waals surface area contributed by atoms with E-state index in [4.69, 9.17) is 11.7 Å². The van der Waals surface area contributed by atoms with Crippen molar-refractivity contribution in [3.63, 3.8) is 0 Å². The van der Waals surface area contributed by atoms with Crippen LogP contribution in [0.25, 0.3) is 0 Å². The van der Waals surface area contributed by atoms with Gasteiger partial charge in [0.05, 0.1) is 0 Å². The minimum atomic E-state index is 0. The molecule has 17 heavy (non-hydrogen) atoms. The molecule has 0 aliphatic rings. The summed E-state index contributed by atoms with van der Waals surface area (Å²) < 4.78 is 0. The number of aromatic nitrogens is 2. The second kappa shape index (κ2) is 9.04. The summed E-state index contributed by atoms with van der Waals surface area (Å²) in [6, 6.07) is 11.0. The van der Waals surface area contributed by atoms with Crippen molar-refractivity contribution in [1.29, 1.82) is 0 Å². The fourth-order valence-corrected chi connectivity index (χ4v) is 0.896. The van der Waals surface area contributed by atoms with Gasteiger partial charge in [-0.3, -0.25) is 0 Å². The van der Waals surface area contributed by atoms with Gasteiger partial charge in [-0.1, -0.05) is 12.1 Å². The Morgan fingerprint density at radius 3 is 1.35 bits per heavy atom. The summed E-state index contributed by atoms with van der Waals surface area (Å²) in [5, 5.41) is 0. The first-order valence-corrected chi connectivity index (χ1v) is 4.62. The normalized spacial score (nSPS) is 8.12. The molecule has 0 fully saturated rings. The van der Waals surface area contributed by atoms with Crippen molar-refractivity contribution >= 4 is 11.6 Å². The van der Waals surface area contributed by atoms with E-state index in [0.29, 0.717) is 11.6 Å². The van der Waals surface area contributed by atoms with E-state index < -0.39 is 0 Å². The highest BCUT2D eigenvalue weighted by Gasteiger charge is 1.80. The van der Waals surface area contributed by atoms with E-state index >= 15 is 0 Å². The summed E-state index contributed by atoms with van der Waals surface area (Å²) in [5.74, 6) is 11.4. The third-order valence-electron chi connectivity index (χ3n) is 1.63. The molecule has 8 N–H and O–H groups in total. The summed E-state index contributed by atoms with van der Waals surface area (Å²) in [7, 11) is 0. The molecule has 0 aromatic carbocycles. The Kier molecular flexibility index (Phi) is 7.86. The lowest BCUT2D eigenvalue weighted by molar-refractivity contribution is 0.824. The molecule has 7 heteroatoms. The smallest absolute Gasteiger partial charge is 0.139 e. The van der Waals surface area contributed by atoms with Crippen molar-refractivity contribution in [1.82, 2.24) is 9.97 Å². The van der Waals surface area contributed by atoms with Gasteiger partial charge in [0.25, 0.3) is 0 Å². The third kappa shape index (κ3) is 6.05. The van der Waals surface area contributed by atoms with Crippen molar-refractivity contribution in [3.05, 3.63) is 48.8 Å². The highest BCUT2D eigenvalue weighted by atomic mass is 16.0. The quantitative estimate of drug-likeness (QED) is 0.425. The van der Waals surface area contributed by atoms with Crippen LogP contribution in [-0.4, -0.2) is 15.4 Å². The lowest BCUT2D eigenvalue weighted by Crippen LogP contribution is -2.07. The molecule has 92 valence electrons. The van der Waals surface area contributed by atoms with Crippen LogP contribution in [0.1, 0.15) is 0 Å². The lowest BCUT2D eigenvalue weighted by atomic mass is 10.5. The largest absolute Gasteiger partial charge is 0.412 e. The fraction of sp³-hybridized carbons (Fsp3) is 0. The predicted octanol–water partition coefficient (Wildman–Crippen LogP) is -0.0903. The molecule has 2 aromatic rings. The van der Waals surface area contributed by atoms with Gasteiger partial charge in [-0.05, 0) is 24.3 Å². The van der Waals surface area contributed by atoms with E-state index in [1.165, 1.54) is 0 Å². The van der Waals surface area contributed by atoms with E-state index in [0.717, 1.165) is 0 Å². The van der Waals surface area contributed by atoms with Gasteiger partial charge in [0.15, 0.2) is 0 Å². The molecule has 2 aromatic heterocycles. The Bertz CT molecular complexity index is 343. The molecule has 0 saturated carbocycles. The average Bonchev–Trinajstić information content (AvgIpc) is 2.41. The number of nitrogen functional groups attached to an aromatic ring is 2. The van der Waals surface area contributed by atoms with Gasteiger partial charge >= 0.3 is 0 Å². The molecule has 2 heterocycles. The summed E-state index contributed by atoms with van der Waals surface area (Å²) >= 11 is 0. The van der Waals surface area contributed by atoms with E-state index in [-0.39, 0.29) is 5.48 Å². The molecule has 0 bridgehead atoms. The highest BCUT2D eigenvalue weighted by molar-refractivity contribution is 5.31. The zero-order chi connectivity index (χ0) is 11.6. The molecule has 0 amide bonds. The third-order valence-corrected chi connectivity index (χ3v) is 1.63. The van der Waals surface area contributed by atoms with Gasteiger partial charge in [0, 0.05) is 12.4 Å². The predicted molar refractivity (Wildman–Crippen MR) is 67.7 cm³/mol. The zero-order valence-electron chi connectivity index (χ0n) is 9.17. The first kappa shape index (κ1) is 14.8. The Hall–Kier alpha value is -2.22. The Balaban J connectivity index is 0.000000284. The van der Waals surface area contributed by atoms with Crippen molar-refractivity contribution in [2.45, 2.75) is 0 Å². The first-order chi connectivity index (χ1) is 7.86. The van der Waals surface area contributed by atoms with Gasteiger partial charge in [-0.2, -0.15) is 0 Å². The van der Waals surface area contributed by atoms with Crippen LogP contribution in [0, 0.1) is 0 Å². The van der Waals surface area contributed by atoms with Gasteiger partial charge < -0.3 is 16.3 Å². The molecule has 0 unspecified atom stereocenters. The van der Waals surface area contributed by atoms with Crippen LogP contribution in [0.3, 0.4) is 0 Å². The molecule has 0 aliphatic heterocycles. The Morgan fingerprint density at radius 1 is 0.765 bits per heavy atom. The van der Waals surface area contributed by atoms with E-state index in [1.807, 2.05) is 24.3 Å². The summed E-state index contributed by atoms with van der Waals surface area (Å²) in [5.41, 5.74) is 4.83. The van der Waals surface area contributed by atoms with Gasteiger partial charge in [0.2, 0.25) is 0 Å². The molecular weight excluding hydrogens is 220 g/mol. The van der Waals surface area contributed by atoms with Crippen LogP contribution in [0.4, 0.5) is 11.6 Å². The van der Waals surface area contributed by atoms with Crippen LogP contribution < -0.4 is 22.5 Å². The maximum Gasteiger partial charge on any atom is 0.139 e. The van der Waals surface area contributed by atoms with Crippen LogP contribution in [-0.2, 0) is 0 Å². The fourth-order valence-electron chi connectivity index (χ4n) is 0.896. The standard InChI is InChI=1S/2C5H7N3.H2O/c2*6-8-5-3-1-2-4-7-5;/h2*1-4H,6H2,(H,7,8);1H2. The molecule has 0 aliphatic carbocycles. The van der Waals surface area contributed by atoms with E-state index in [1.54, 1.807) is 24.5 Å². The molecule has 0 radical (unpaired) electrons. The van der Waals surface area contributed by atoms with Gasteiger partial charge in [-0.15, -0.1) is 0 Å².